The first kappa shape index (κ1) is 14.2. The van der Waals surface area contributed by atoms with Gasteiger partial charge in [-0.2, -0.15) is 5.10 Å². The first-order valence-corrected chi connectivity index (χ1v) is 8.47. The van der Waals surface area contributed by atoms with E-state index in [1.807, 2.05) is 18.7 Å². The molecule has 0 spiro atoms. The smallest absolute Gasteiger partial charge is 0.222 e. The number of ether oxygens (including phenoxy) is 1. The van der Waals surface area contributed by atoms with Crippen molar-refractivity contribution in [2.45, 2.75) is 51.7 Å². The van der Waals surface area contributed by atoms with Crippen LogP contribution in [-0.4, -0.2) is 45.9 Å². The molecule has 0 unspecified atom stereocenters. The SMILES string of the molecule is Cc1nn(C)c(C)c1CCC(=O)N1C[C@@H]2[C@H](C1)[C@H]1CC[C@@H]2O1. The van der Waals surface area contributed by atoms with Crippen LogP contribution in [0.15, 0.2) is 0 Å². The maximum absolute atomic E-state index is 12.6. The molecule has 1 aromatic rings. The largest absolute Gasteiger partial charge is 0.374 e. The normalized spacial score (nSPS) is 32.8. The van der Waals surface area contributed by atoms with E-state index in [2.05, 4.69) is 16.9 Å². The number of carbonyl (C=O) groups excluding carboxylic acids is 1. The summed E-state index contributed by atoms with van der Waals surface area (Å²) < 4.78 is 7.89. The Balaban J connectivity index is 1.37. The Morgan fingerprint density at radius 1 is 1.23 bits per heavy atom. The summed E-state index contributed by atoms with van der Waals surface area (Å²) in [7, 11) is 1.96. The average Bonchev–Trinajstić information content (AvgIpc) is 3.21. The number of nitrogens with zero attached hydrogens (tertiary/aromatic N) is 3. The number of aryl methyl sites for hydroxylation is 2. The number of likely N-dealkylation sites (tertiary alicyclic amines) is 1. The van der Waals surface area contributed by atoms with E-state index in [9.17, 15) is 4.79 Å². The molecule has 0 radical (unpaired) electrons. The zero-order valence-electron chi connectivity index (χ0n) is 13.7. The maximum Gasteiger partial charge on any atom is 0.222 e. The van der Waals surface area contributed by atoms with Gasteiger partial charge in [0.05, 0.1) is 17.9 Å². The Labute approximate surface area is 131 Å². The van der Waals surface area contributed by atoms with E-state index in [1.54, 1.807) is 0 Å². The molecular weight excluding hydrogens is 278 g/mol. The molecule has 5 heteroatoms. The van der Waals surface area contributed by atoms with Crippen LogP contribution in [-0.2, 0) is 23.0 Å². The second kappa shape index (κ2) is 5.08. The van der Waals surface area contributed by atoms with E-state index >= 15 is 0 Å². The molecule has 3 saturated heterocycles. The molecule has 1 amide bonds. The summed E-state index contributed by atoms with van der Waals surface area (Å²) >= 11 is 0. The highest BCUT2D eigenvalue weighted by Crippen LogP contribution is 2.47. The van der Waals surface area contributed by atoms with Crippen molar-refractivity contribution >= 4 is 5.91 Å². The minimum Gasteiger partial charge on any atom is -0.374 e. The van der Waals surface area contributed by atoms with Crippen molar-refractivity contribution in [3.8, 4) is 0 Å². The van der Waals surface area contributed by atoms with Crippen LogP contribution in [0.4, 0.5) is 0 Å². The second-order valence-corrected chi connectivity index (χ2v) is 7.19. The van der Waals surface area contributed by atoms with Crippen LogP contribution >= 0.6 is 0 Å². The van der Waals surface area contributed by atoms with E-state index in [0.29, 0.717) is 36.4 Å². The third-order valence-electron chi connectivity index (χ3n) is 6.05. The monoisotopic (exact) mass is 303 g/mol. The van der Waals surface area contributed by atoms with Crippen molar-refractivity contribution in [3.05, 3.63) is 17.0 Å². The van der Waals surface area contributed by atoms with Gasteiger partial charge in [0.25, 0.3) is 0 Å². The highest BCUT2D eigenvalue weighted by Gasteiger charge is 2.53. The lowest BCUT2D eigenvalue weighted by Crippen LogP contribution is -2.31. The van der Waals surface area contributed by atoms with Crippen LogP contribution < -0.4 is 0 Å². The van der Waals surface area contributed by atoms with Crippen LogP contribution in [0, 0.1) is 25.7 Å². The van der Waals surface area contributed by atoms with Crippen LogP contribution in [0.3, 0.4) is 0 Å². The molecular formula is C17H25N3O2. The van der Waals surface area contributed by atoms with Gasteiger partial charge >= 0.3 is 0 Å². The van der Waals surface area contributed by atoms with E-state index in [4.69, 9.17) is 4.74 Å². The third kappa shape index (κ3) is 2.09. The fraction of sp³-hybridized carbons (Fsp3) is 0.765. The highest BCUT2D eigenvalue weighted by atomic mass is 16.5. The zero-order chi connectivity index (χ0) is 15.4. The van der Waals surface area contributed by atoms with Gasteiger partial charge in [-0.1, -0.05) is 0 Å². The standard InChI is InChI=1S/C17H25N3O2/c1-10-12(11(2)19(3)18-10)4-7-17(21)20-8-13-14(9-20)16-6-5-15(13)22-16/h13-16H,4-9H2,1-3H3/t13-,14+,15+,16-. The summed E-state index contributed by atoms with van der Waals surface area (Å²) in [6.07, 6.45) is 4.65. The molecule has 2 bridgehead atoms. The van der Waals surface area contributed by atoms with Gasteiger partial charge in [0.2, 0.25) is 5.91 Å². The van der Waals surface area contributed by atoms with Crippen molar-refractivity contribution in [1.29, 1.82) is 0 Å². The van der Waals surface area contributed by atoms with Gasteiger partial charge in [0.15, 0.2) is 0 Å². The summed E-state index contributed by atoms with van der Waals surface area (Å²) in [4.78, 5) is 14.7. The van der Waals surface area contributed by atoms with Crippen LogP contribution in [0.1, 0.15) is 36.2 Å². The fourth-order valence-corrected chi connectivity index (χ4v) is 4.73. The Hall–Kier alpha value is -1.36. The molecule has 0 saturated carbocycles. The molecule has 5 nitrogen and oxygen atoms in total. The van der Waals surface area contributed by atoms with Crippen LogP contribution in [0.5, 0.6) is 0 Å². The minimum atomic E-state index is 0.302. The quantitative estimate of drug-likeness (QED) is 0.852. The van der Waals surface area contributed by atoms with Crippen LogP contribution in [0.25, 0.3) is 0 Å². The van der Waals surface area contributed by atoms with Crippen molar-refractivity contribution in [1.82, 2.24) is 14.7 Å². The minimum absolute atomic E-state index is 0.302. The van der Waals surface area contributed by atoms with E-state index < -0.39 is 0 Å². The number of hydrogen-bond donors (Lipinski definition) is 0. The number of carbonyl (C=O) groups is 1. The van der Waals surface area contributed by atoms with Crippen LogP contribution in [0.2, 0.25) is 0 Å². The van der Waals surface area contributed by atoms with Crippen molar-refractivity contribution in [2.24, 2.45) is 18.9 Å². The molecule has 3 aliphatic heterocycles. The Bertz CT molecular complexity index is 591. The number of rotatable bonds is 3. The summed E-state index contributed by atoms with van der Waals surface area (Å²) in [6.45, 7) is 5.93. The number of amides is 1. The maximum atomic E-state index is 12.6. The molecule has 1 aromatic heterocycles. The average molecular weight is 303 g/mol. The van der Waals surface area contributed by atoms with E-state index in [0.717, 1.165) is 25.2 Å². The van der Waals surface area contributed by atoms with Crippen molar-refractivity contribution in [2.75, 3.05) is 13.1 Å². The van der Waals surface area contributed by atoms with Crippen molar-refractivity contribution < 1.29 is 9.53 Å². The summed E-state index contributed by atoms with van der Waals surface area (Å²) in [6, 6.07) is 0. The molecule has 0 N–H and O–H groups in total. The molecule has 3 fully saturated rings. The van der Waals surface area contributed by atoms with Gasteiger partial charge in [0.1, 0.15) is 0 Å². The van der Waals surface area contributed by atoms with Gasteiger partial charge in [-0.3, -0.25) is 9.48 Å². The van der Waals surface area contributed by atoms with E-state index in [1.165, 1.54) is 24.1 Å². The van der Waals surface area contributed by atoms with Gasteiger partial charge in [-0.15, -0.1) is 0 Å². The lowest BCUT2D eigenvalue weighted by Gasteiger charge is -2.19. The summed E-state index contributed by atoms with van der Waals surface area (Å²) in [5.74, 6) is 1.51. The highest BCUT2D eigenvalue weighted by molar-refractivity contribution is 5.77. The van der Waals surface area contributed by atoms with Gasteiger partial charge in [0, 0.05) is 44.1 Å². The Morgan fingerprint density at radius 2 is 1.86 bits per heavy atom. The molecule has 0 aromatic carbocycles. The third-order valence-corrected chi connectivity index (χ3v) is 6.05. The molecule has 120 valence electrons. The molecule has 22 heavy (non-hydrogen) atoms. The molecule has 3 aliphatic rings. The lowest BCUT2D eigenvalue weighted by molar-refractivity contribution is -0.130. The molecule has 4 rings (SSSR count). The number of fused-ring (bicyclic) bond motifs is 5. The summed E-state index contributed by atoms with van der Waals surface area (Å²) in [5.41, 5.74) is 3.46. The predicted octanol–water partition coefficient (Wildman–Crippen LogP) is 1.61. The first-order chi connectivity index (χ1) is 10.5. The van der Waals surface area contributed by atoms with E-state index in [-0.39, 0.29) is 0 Å². The summed E-state index contributed by atoms with van der Waals surface area (Å²) in [5, 5.41) is 4.44. The van der Waals surface area contributed by atoms with Gasteiger partial charge in [-0.25, -0.2) is 0 Å². The van der Waals surface area contributed by atoms with Gasteiger partial charge < -0.3 is 9.64 Å². The lowest BCUT2D eigenvalue weighted by atomic mass is 9.82. The number of hydrogen-bond acceptors (Lipinski definition) is 3. The first-order valence-electron chi connectivity index (χ1n) is 8.47. The van der Waals surface area contributed by atoms with Crippen molar-refractivity contribution in [3.63, 3.8) is 0 Å². The molecule has 4 heterocycles. The predicted molar refractivity (Wildman–Crippen MR) is 82.5 cm³/mol. The second-order valence-electron chi connectivity index (χ2n) is 7.19. The topological polar surface area (TPSA) is 47.4 Å². The van der Waals surface area contributed by atoms with Gasteiger partial charge in [-0.05, 0) is 38.7 Å². The molecule has 4 atom stereocenters. The molecule has 0 aliphatic carbocycles. The Kier molecular flexibility index (Phi) is 3.29. The fourth-order valence-electron chi connectivity index (χ4n) is 4.73. The number of aromatic nitrogens is 2. The zero-order valence-corrected chi connectivity index (χ0v) is 13.7. The Morgan fingerprint density at radius 3 is 2.41 bits per heavy atom.